The Labute approximate surface area is 161 Å². The van der Waals surface area contributed by atoms with Gasteiger partial charge in [0, 0.05) is 25.2 Å². The second-order valence-corrected chi connectivity index (χ2v) is 8.95. The lowest BCUT2D eigenvalue weighted by molar-refractivity contribution is 0.0950. The summed E-state index contributed by atoms with van der Waals surface area (Å²) in [7, 11) is -3.56. The van der Waals surface area contributed by atoms with E-state index in [4.69, 9.17) is 0 Å². The fourth-order valence-corrected chi connectivity index (χ4v) is 4.78. The van der Waals surface area contributed by atoms with Crippen LogP contribution in [-0.4, -0.2) is 31.7 Å². The van der Waals surface area contributed by atoms with E-state index in [9.17, 15) is 13.2 Å². The Bertz CT molecular complexity index is 884. The molecule has 0 aliphatic carbocycles. The van der Waals surface area contributed by atoms with Crippen molar-refractivity contribution in [3.8, 4) is 0 Å². The van der Waals surface area contributed by atoms with Gasteiger partial charge < -0.3 is 5.32 Å². The number of carbonyl (C=O) groups is 1. The fourth-order valence-electron chi connectivity index (χ4n) is 3.22. The van der Waals surface area contributed by atoms with Gasteiger partial charge in [-0.2, -0.15) is 4.31 Å². The molecule has 1 amide bonds. The van der Waals surface area contributed by atoms with Gasteiger partial charge in [-0.15, -0.1) is 0 Å². The third-order valence-corrected chi connectivity index (χ3v) is 6.77. The molecular weight excluding hydrogens is 360 g/mol. The summed E-state index contributed by atoms with van der Waals surface area (Å²) in [6.07, 6.45) is 3.90. The molecule has 0 unspecified atom stereocenters. The molecule has 0 atom stereocenters. The highest BCUT2D eigenvalue weighted by molar-refractivity contribution is 7.89. The number of sulfonamides is 1. The maximum atomic E-state index is 12.9. The molecule has 6 heteroatoms. The van der Waals surface area contributed by atoms with Crippen molar-refractivity contribution >= 4 is 15.9 Å². The fraction of sp³-hybridized carbons (Fsp3) is 0.381. The highest BCUT2D eigenvalue weighted by atomic mass is 32.2. The van der Waals surface area contributed by atoms with Crippen LogP contribution in [0.5, 0.6) is 0 Å². The molecule has 5 nitrogen and oxygen atoms in total. The summed E-state index contributed by atoms with van der Waals surface area (Å²) in [6, 6.07) is 14.2. The minimum atomic E-state index is -3.56. The minimum absolute atomic E-state index is 0.187. The molecule has 1 aliphatic heterocycles. The van der Waals surface area contributed by atoms with Crippen molar-refractivity contribution in [3.05, 3.63) is 65.2 Å². The summed E-state index contributed by atoms with van der Waals surface area (Å²) in [4.78, 5) is 12.7. The number of rotatable bonds is 5. The number of nitrogens with one attached hydrogen (secondary N) is 1. The van der Waals surface area contributed by atoms with Gasteiger partial charge in [0.15, 0.2) is 0 Å². The van der Waals surface area contributed by atoms with Gasteiger partial charge in [0.1, 0.15) is 0 Å². The van der Waals surface area contributed by atoms with Crippen LogP contribution in [0, 0.1) is 6.92 Å². The molecular formula is C21H26N2O3S. The number of hydrogen-bond donors (Lipinski definition) is 1. The predicted octanol–water partition coefficient (Wildman–Crippen LogP) is 3.49. The van der Waals surface area contributed by atoms with Gasteiger partial charge in [-0.1, -0.05) is 48.7 Å². The van der Waals surface area contributed by atoms with Crippen LogP contribution in [0.15, 0.2) is 53.4 Å². The average molecular weight is 387 g/mol. The lowest BCUT2D eigenvalue weighted by Crippen LogP contribution is -2.32. The van der Waals surface area contributed by atoms with Crippen molar-refractivity contribution in [1.29, 1.82) is 0 Å². The van der Waals surface area contributed by atoms with Gasteiger partial charge in [0.05, 0.1) is 4.90 Å². The summed E-state index contributed by atoms with van der Waals surface area (Å²) in [6.45, 7) is 3.51. The maximum Gasteiger partial charge on any atom is 0.251 e. The van der Waals surface area contributed by atoms with E-state index in [-0.39, 0.29) is 10.8 Å². The molecule has 1 heterocycles. The Morgan fingerprint density at radius 2 is 1.67 bits per heavy atom. The van der Waals surface area contributed by atoms with Gasteiger partial charge in [-0.05, 0) is 43.5 Å². The number of benzene rings is 2. The summed E-state index contributed by atoms with van der Waals surface area (Å²) >= 11 is 0. The largest absolute Gasteiger partial charge is 0.348 e. The standard InChI is InChI=1S/C21H26N2O3S/c1-17-9-11-18(12-10-17)16-22-21(24)19-7-6-8-20(15-19)27(25,26)23-13-4-2-3-5-14-23/h6-12,15H,2-5,13-14,16H2,1H3,(H,22,24). The second kappa shape index (κ2) is 8.67. The van der Waals surface area contributed by atoms with Crippen LogP contribution in [-0.2, 0) is 16.6 Å². The van der Waals surface area contributed by atoms with Crippen molar-refractivity contribution in [2.45, 2.75) is 44.0 Å². The van der Waals surface area contributed by atoms with Crippen molar-refractivity contribution < 1.29 is 13.2 Å². The molecule has 1 N–H and O–H groups in total. The SMILES string of the molecule is Cc1ccc(CNC(=O)c2cccc(S(=O)(=O)N3CCCCCC3)c2)cc1. The summed E-state index contributed by atoms with van der Waals surface area (Å²) in [5.41, 5.74) is 2.52. The first-order chi connectivity index (χ1) is 13.0. The lowest BCUT2D eigenvalue weighted by Gasteiger charge is -2.20. The van der Waals surface area contributed by atoms with Gasteiger partial charge in [0.2, 0.25) is 10.0 Å². The third kappa shape index (κ3) is 4.96. The zero-order valence-corrected chi connectivity index (χ0v) is 16.5. The molecule has 2 aromatic carbocycles. The number of amides is 1. The summed E-state index contributed by atoms with van der Waals surface area (Å²) < 4.78 is 27.4. The predicted molar refractivity (Wildman–Crippen MR) is 106 cm³/mol. The first-order valence-corrected chi connectivity index (χ1v) is 10.8. The van der Waals surface area contributed by atoms with E-state index >= 15 is 0 Å². The number of nitrogens with zero attached hydrogens (tertiary/aromatic N) is 1. The molecule has 1 aliphatic rings. The van der Waals surface area contributed by atoms with E-state index in [1.807, 2.05) is 31.2 Å². The van der Waals surface area contributed by atoms with Crippen LogP contribution < -0.4 is 5.32 Å². The molecule has 27 heavy (non-hydrogen) atoms. The third-order valence-electron chi connectivity index (χ3n) is 4.87. The van der Waals surface area contributed by atoms with Crippen molar-refractivity contribution in [2.24, 2.45) is 0 Å². The Morgan fingerprint density at radius 3 is 2.33 bits per heavy atom. The Balaban J connectivity index is 1.72. The van der Waals surface area contributed by atoms with E-state index in [2.05, 4.69) is 5.32 Å². The first-order valence-electron chi connectivity index (χ1n) is 9.41. The Hall–Kier alpha value is -2.18. The molecule has 2 aromatic rings. The molecule has 0 saturated carbocycles. The van der Waals surface area contributed by atoms with Gasteiger partial charge in [-0.3, -0.25) is 4.79 Å². The van der Waals surface area contributed by atoms with E-state index < -0.39 is 10.0 Å². The maximum absolute atomic E-state index is 12.9. The van der Waals surface area contributed by atoms with Gasteiger partial charge >= 0.3 is 0 Å². The van der Waals surface area contributed by atoms with E-state index in [0.29, 0.717) is 25.2 Å². The topological polar surface area (TPSA) is 66.5 Å². The van der Waals surface area contributed by atoms with Crippen LogP contribution in [0.3, 0.4) is 0 Å². The number of hydrogen-bond acceptors (Lipinski definition) is 3. The van der Waals surface area contributed by atoms with Crippen molar-refractivity contribution in [3.63, 3.8) is 0 Å². The molecule has 0 aromatic heterocycles. The van der Waals surface area contributed by atoms with Gasteiger partial charge in [0.25, 0.3) is 5.91 Å². The second-order valence-electron chi connectivity index (χ2n) is 7.01. The quantitative estimate of drug-likeness (QED) is 0.855. The lowest BCUT2D eigenvalue weighted by atomic mass is 10.1. The molecule has 1 fully saturated rings. The summed E-state index contributed by atoms with van der Waals surface area (Å²) in [5, 5.41) is 2.86. The molecule has 0 radical (unpaired) electrons. The zero-order chi connectivity index (χ0) is 19.3. The molecule has 1 saturated heterocycles. The molecule has 0 bridgehead atoms. The molecule has 3 rings (SSSR count). The van der Waals surface area contributed by atoms with Crippen LogP contribution in [0.2, 0.25) is 0 Å². The van der Waals surface area contributed by atoms with E-state index in [0.717, 1.165) is 36.8 Å². The van der Waals surface area contributed by atoms with Gasteiger partial charge in [-0.25, -0.2) is 8.42 Å². The highest BCUT2D eigenvalue weighted by Gasteiger charge is 2.25. The Kier molecular flexibility index (Phi) is 6.29. The summed E-state index contributed by atoms with van der Waals surface area (Å²) in [5.74, 6) is -0.275. The van der Waals surface area contributed by atoms with E-state index in [1.165, 1.54) is 6.07 Å². The minimum Gasteiger partial charge on any atom is -0.348 e. The molecule has 144 valence electrons. The van der Waals surface area contributed by atoms with Crippen molar-refractivity contribution in [2.75, 3.05) is 13.1 Å². The average Bonchev–Trinajstić information content (AvgIpc) is 2.97. The van der Waals surface area contributed by atoms with Crippen LogP contribution >= 0.6 is 0 Å². The monoisotopic (exact) mass is 386 g/mol. The first kappa shape index (κ1) is 19.6. The smallest absolute Gasteiger partial charge is 0.251 e. The van der Waals surface area contributed by atoms with Crippen LogP contribution in [0.25, 0.3) is 0 Å². The number of aryl methyl sites for hydroxylation is 1. The Morgan fingerprint density at radius 1 is 1.00 bits per heavy atom. The molecule has 0 spiro atoms. The number of carbonyl (C=O) groups excluding carboxylic acids is 1. The van der Waals surface area contributed by atoms with E-state index in [1.54, 1.807) is 22.5 Å². The van der Waals surface area contributed by atoms with Crippen LogP contribution in [0.1, 0.15) is 47.2 Å². The zero-order valence-electron chi connectivity index (χ0n) is 15.6. The highest BCUT2D eigenvalue weighted by Crippen LogP contribution is 2.21. The normalized spacial score (nSPS) is 15.9. The van der Waals surface area contributed by atoms with Crippen LogP contribution in [0.4, 0.5) is 0 Å². The van der Waals surface area contributed by atoms with Crippen molar-refractivity contribution in [1.82, 2.24) is 9.62 Å².